The van der Waals surface area contributed by atoms with E-state index in [1.807, 2.05) is 6.92 Å². The van der Waals surface area contributed by atoms with Crippen molar-refractivity contribution in [3.63, 3.8) is 0 Å². The highest BCUT2D eigenvalue weighted by molar-refractivity contribution is 6.10. The second-order valence-corrected chi connectivity index (χ2v) is 9.08. The highest BCUT2D eigenvalue weighted by atomic mass is 16.5. The van der Waals surface area contributed by atoms with Gasteiger partial charge in [-0.15, -0.1) is 0 Å². The van der Waals surface area contributed by atoms with Gasteiger partial charge < -0.3 is 29.7 Å². The molecule has 30 heavy (non-hydrogen) atoms. The Balaban J connectivity index is 1.75. The van der Waals surface area contributed by atoms with Crippen LogP contribution in [-0.4, -0.2) is 49.7 Å². The van der Waals surface area contributed by atoms with Crippen LogP contribution in [-0.2, 0) is 10.2 Å². The number of hydrogen-bond acceptors (Lipinski definition) is 6. The topological polar surface area (TPSA) is 97.3 Å². The number of aliphatic hydroxyl groups excluding tert-OH is 1. The van der Waals surface area contributed by atoms with Gasteiger partial charge >= 0.3 is 0 Å². The van der Waals surface area contributed by atoms with E-state index in [0.717, 1.165) is 12.0 Å². The molecule has 0 radical (unpaired) electrons. The molecule has 4 saturated carbocycles. The molecule has 1 amide bonds. The molecule has 4 bridgehead atoms. The zero-order chi connectivity index (χ0) is 21.4. The lowest BCUT2D eigenvalue weighted by molar-refractivity contribution is -0.149. The van der Waals surface area contributed by atoms with Gasteiger partial charge in [-0.25, -0.2) is 0 Å². The number of fused-ring (bicyclic) bond motifs is 3. The molecule has 0 saturated heterocycles. The summed E-state index contributed by atoms with van der Waals surface area (Å²) in [5.74, 6) is 1.38. The molecule has 4 aliphatic carbocycles. The fourth-order valence-electron chi connectivity index (χ4n) is 7.22. The molecule has 3 N–H and O–H groups in total. The van der Waals surface area contributed by atoms with Crippen molar-refractivity contribution >= 4 is 11.6 Å². The standard InChI is InChI=1S/C23H29NO6/c1-5-11-6-12-14-7-13(11)23(27,10-25)15(12)9-22(14)18-19(24-21(22)26)16(28-2)8-17(29-3)20(18)30-4/h5,8,12-15,25,27H,6-7,9-10H2,1-4H3,(H,24,26)/b11-5-/t12-,13-,14?,15?,22-,23-/m0/s1. The maximum absolute atomic E-state index is 13.6. The molecule has 1 aromatic rings. The molecule has 7 heteroatoms. The maximum Gasteiger partial charge on any atom is 0.235 e. The van der Waals surface area contributed by atoms with Gasteiger partial charge in [-0.2, -0.15) is 0 Å². The van der Waals surface area contributed by atoms with E-state index in [4.69, 9.17) is 14.2 Å². The van der Waals surface area contributed by atoms with Crippen LogP contribution in [0.3, 0.4) is 0 Å². The molecule has 2 unspecified atom stereocenters. The minimum absolute atomic E-state index is 0.0509. The Morgan fingerprint density at radius 3 is 2.53 bits per heavy atom. The van der Waals surface area contributed by atoms with Crippen LogP contribution in [0.1, 0.15) is 31.7 Å². The Morgan fingerprint density at radius 2 is 1.93 bits per heavy atom. The molecule has 6 atom stereocenters. The first-order chi connectivity index (χ1) is 14.4. The van der Waals surface area contributed by atoms with Crippen LogP contribution in [0.2, 0.25) is 0 Å². The third-order valence-electron chi connectivity index (χ3n) is 8.43. The van der Waals surface area contributed by atoms with E-state index in [2.05, 4.69) is 11.4 Å². The van der Waals surface area contributed by atoms with E-state index >= 15 is 0 Å². The molecule has 0 aromatic heterocycles. The van der Waals surface area contributed by atoms with Crippen LogP contribution < -0.4 is 19.5 Å². The number of allylic oxidation sites excluding steroid dienone is 1. The highest BCUT2D eigenvalue weighted by Crippen LogP contribution is 2.72. The first-order valence-electron chi connectivity index (χ1n) is 10.5. The maximum atomic E-state index is 13.6. The number of aliphatic hydroxyl groups is 2. The molecule has 1 aliphatic heterocycles. The predicted molar refractivity (Wildman–Crippen MR) is 110 cm³/mol. The molecular weight excluding hydrogens is 386 g/mol. The molecule has 6 rings (SSSR count). The van der Waals surface area contributed by atoms with Gasteiger partial charge in [-0.3, -0.25) is 4.79 Å². The summed E-state index contributed by atoms with van der Waals surface area (Å²) in [7, 11) is 4.71. The Bertz CT molecular complexity index is 958. The van der Waals surface area contributed by atoms with Crippen molar-refractivity contribution in [2.45, 2.75) is 37.2 Å². The summed E-state index contributed by atoms with van der Waals surface area (Å²) in [5.41, 5.74) is 0.546. The largest absolute Gasteiger partial charge is 0.494 e. The number of amides is 1. The zero-order valence-corrected chi connectivity index (χ0v) is 17.8. The first-order valence-corrected chi connectivity index (χ1v) is 10.5. The van der Waals surface area contributed by atoms with Gasteiger partial charge in [0.15, 0.2) is 11.5 Å². The zero-order valence-electron chi connectivity index (χ0n) is 17.8. The first kappa shape index (κ1) is 19.7. The van der Waals surface area contributed by atoms with Crippen molar-refractivity contribution in [2.24, 2.45) is 23.7 Å². The number of carbonyl (C=O) groups excluding carboxylic acids is 1. The summed E-state index contributed by atoms with van der Waals surface area (Å²) in [6, 6.07) is 1.73. The van der Waals surface area contributed by atoms with Crippen LogP contribution in [0.5, 0.6) is 17.2 Å². The molecular formula is C23H29NO6. The number of nitrogens with one attached hydrogen (secondary N) is 1. The number of ether oxygens (including phenoxy) is 3. The summed E-state index contributed by atoms with van der Waals surface area (Å²) in [6.07, 6.45) is 4.05. The third kappa shape index (κ3) is 2.05. The van der Waals surface area contributed by atoms with E-state index in [-0.39, 0.29) is 36.2 Å². The van der Waals surface area contributed by atoms with Crippen molar-refractivity contribution in [3.05, 3.63) is 23.3 Å². The molecule has 7 nitrogen and oxygen atoms in total. The van der Waals surface area contributed by atoms with Crippen LogP contribution in [0, 0.1) is 23.7 Å². The van der Waals surface area contributed by atoms with Crippen LogP contribution in [0.4, 0.5) is 5.69 Å². The van der Waals surface area contributed by atoms with E-state index in [0.29, 0.717) is 35.8 Å². The van der Waals surface area contributed by atoms with Crippen LogP contribution in [0.15, 0.2) is 17.7 Å². The lowest BCUT2D eigenvalue weighted by Crippen LogP contribution is -2.58. The van der Waals surface area contributed by atoms with Crippen molar-refractivity contribution in [1.82, 2.24) is 0 Å². The molecule has 1 aromatic carbocycles. The Kier molecular flexibility index (Phi) is 4.19. The van der Waals surface area contributed by atoms with Crippen molar-refractivity contribution in [1.29, 1.82) is 0 Å². The van der Waals surface area contributed by atoms with Gasteiger partial charge in [0.1, 0.15) is 5.75 Å². The smallest absolute Gasteiger partial charge is 0.235 e. The Hall–Kier alpha value is -2.25. The average Bonchev–Trinajstić information content (AvgIpc) is 3.23. The number of rotatable bonds is 4. The van der Waals surface area contributed by atoms with E-state index in [1.54, 1.807) is 27.4 Å². The number of anilines is 1. The normalized spacial score (nSPS) is 39.4. The third-order valence-corrected chi connectivity index (χ3v) is 8.43. The van der Waals surface area contributed by atoms with Crippen molar-refractivity contribution in [2.75, 3.05) is 33.3 Å². The van der Waals surface area contributed by atoms with Crippen LogP contribution >= 0.6 is 0 Å². The molecule has 5 aliphatic rings. The number of hydrogen-bond donors (Lipinski definition) is 3. The van der Waals surface area contributed by atoms with E-state index in [1.165, 1.54) is 5.57 Å². The summed E-state index contributed by atoms with van der Waals surface area (Å²) in [5, 5.41) is 24.8. The Labute approximate surface area is 176 Å². The highest BCUT2D eigenvalue weighted by Gasteiger charge is 2.72. The number of benzene rings is 1. The van der Waals surface area contributed by atoms with Gasteiger partial charge in [0.05, 0.1) is 44.6 Å². The van der Waals surface area contributed by atoms with Gasteiger partial charge in [-0.1, -0.05) is 11.6 Å². The predicted octanol–water partition coefficient (Wildman–Crippen LogP) is 2.25. The minimum atomic E-state index is -1.20. The lowest BCUT2D eigenvalue weighted by Gasteiger charge is -2.54. The van der Waals surface area contributed by atoms with Gasteiger partial charge in [0, 0.05) is 17.5 Å². The quantitative estimate of drug-likeness (QED) is 0.653. The molecule has 4 fully saturated rings. The summed E-state index contributed by atoms with van der Waals surface area (Å²) >= 11 is 0. The van der Waals surface area contributed by atoms with Crippen molar-refractivity contribution < 1.29 is 29.2 Å². The molecule has 1 spiro atoms. The average molecular weight is 415 g/mol. The second kappa shape index (κ2) is 6.37. The lowest BCUT2D eigenvalue weighted by atomic mass is 9.53. The summed E-state index contributed by atoms with van der Waals surface area (Å²) < 4.78 is 16.9. The van der Waals surface area contributed by atoms with Gasteiger partial charge in [-0.05, 0) is 43.9 Å². The summed E-state index contributed by atoms with van der Waals surface area (Å²) in [4.78, 5) is 13.6. The van der Waals surface area contributed by atoms with Crippen LogP contribution in [0.25, 0.3) is 0 Å². The SMILES string of the molecule is C/C=C1/C[C@@H]2C3C[C@]4(C(=O)Nc5c(OC)cc(OC)c(OC)c54)C2C[C@@H]1[C@@]3(O)CO. The molecule has 162 valence electrons. The van der Waals surface area contributed by atoms with E-state index in [9.17, 15) is 15.0 Å². The van der Waals surface area contributed by atoms with Gasteiger partial charge in [0.25, 0.3) is 0 Å². The van der Waals surface area contributed by atoms with Gasteiger partial charge in [0.2, 0.25) is 5.91 Å². The number of carbonyl (C=O) groups is 1. The van der Waals surface area contributed by atoms with E-state index < -0.39 is 11.0 Å². The summed E-state index contributed by atoms with van der Waals surface area (Å²) in [6.45, 7) is 1.69. The Morgan fingerprint density at radius 1 is 1.20 bits per heavy atom. The second-order valence-electron chi connectivity index (χ2n) is 9.08. The fourth-order valence-corrected chi connectivity index (χ4v) is 7.22. The van der Waals surface area contributed by atoms with Crippen molar-refractivity contribution in [3.8, 4) is 17.2 Å². The fraction of sp³-hybridized carbons (Fsp3) is 0.609. The monoisotopic (exact) mass is 415 g/mol. The molecule has 1 heterocycles. The number of methoxy groups -OCH3 is 3. The minimum Gasteiger partial charge on any atom is -0.494 e.